The second-order valence-corrected chi connectivity index (χ2v) is 6.45. The molecule has 0 spiro atoms. The van der Waals surface area contributed by atoms with Gasteiger partial charge in [-0.1, -0.05) is 77.8 Å². The number of hydrogen-bond donors (Lipinski definition) is 0. The van der Waals surface area contributed by atoms with Crippen molar-refractivity contribution >= 4 is 27.8 Å². The van der Waals surface area contributed by atoms with Gasteiger partial charge in [-0.15, -0.1) is 0 Å². The van der Waals surface area contributed by atoms with Crippen LogP contribution in [0.2, 0.25) is 0 Å². The van der Waals surface area contributed by atoms with Crippen LogP contribution in [0.25, 0.3) is 0 Å². The molecule has 2 heteroatoms. The van der Waals surface area contributed by atoms with Crippen molar-refractivity contribution in [3.63, 3.8) is 0 Å². The Bertz CT molecular complexity index is 356. The fraction of sp³-hybridized carbons (Fsp3) is 0.143. The van der Waals surface area contributed by atoms with Crippen molar-refractivity contribution in [2.24, 2.45) is 0 Å². The lowest BCUT2D eigenvalue weighted by atomic mass is 10.4. The lowest BCUT2D eigenvalue weighted by Crippen LogP contribution is -1.98. The lowest BCUT2D eigenvalue weighted by Gasteiger charge is -2.02. The van der Waals surface area contributed by atoms with Gasteiger partial charge in [0, 0.05) is 0 Å². The minimum atomic E-state index is 0.963. The third-order valence-corrected chi connectivity index (χ3v) is 5.31. The summed E-state index contributed by atoms with van der Waals surface area (Å²) in [5.74, 6) is 0. The van der Waals surface area contributed by atoms with E-state index in [-0.39, 0.29) is 0 Å². The van der Waals surface area contributed by atoms with Gasteiger partial charge in [-0.2, -0.15) is 0 Å². The van der Waals surface area contributed by atoms with Gasteiger partial charge in [-0.25, -0.2) is 0 Å². The molecule has 2 unspecified atom stereocenters. The molecule has 0 aromatic heterocycles. The summed E-state index contributed by atoms with van der Waals surface area (Å²) >= 11 is 0. The summed E-state index contributed by atoms with van der Waals surface area (Å²) in [6.07, 6.45) is 2.63. The van der Waals surface area contributed by atoms with Gasteiger partial charge in [0.25, 0.3) is 0 Å². The number of hydrogen-bond acceptors (Lipinski definition) is 0. The van der Waals surface area contributed by atoms with Crippen LogP contribution in [-0.4, -0.2) is 12.3 Å². The van der Waals surface area contributed by atoms with Crippen LogP contribution in [0.15, 0.2) is 60.7 Å². The van der Waals surface area contributed by atoms with Gasteiger partial charge in [0.05, 0.1) is 0 Å². The smallest absolute Gasteiger partial charge is 0.0271 e. The van der Waals surface area contributed by atoms with Crippen molar-refractivity contribution in [3.05, 3.63) is 60.7 Å². The predicted molar refractivity (Wildman–Crippen MR) is 78.5 cm³/mol. The van der Waals surface area contributed by atoms with E-state index >= 15 is 0 Å². The second-order valence-electron chi connectivity index (χ2n) is 3.59. The SMILES string of the molecule is c1ccc(PCCPc2ccccc2)cc1. The monoisotopic (exact) mass is 246 g/mol. The van der Waals surface area contributed by atoms with Crippen molar-refractivity contribution < 1.29 is 0 Å². The minimum Gasteiger partial charge on any atom is -0.0900 e. The first-order chi connectivity index (χ1) is 7.95. The standard InChI is InChI=1S/C14H16P2/c1-3-7-13(8-4-1)15-11-12-16-14-9-5-2-6-10-14/h1-10,15-16H,11-12H2. The Kier molecular flexibility index (Phi) is 5.00. The number of rotatable bonds is 5. The fourth-order valence-corrected chi connectivity index (χ4v) is 3.96. The largest absolute Gasteiger partial charge is 0.0900 e. The van der Waals surface area contributed by atoms with Gasteiger partial charge >= 0.3 is 0 Å². The zero-order valence-electron chi connectivity index (χ0n) is 9.19. The third-order valence-electron chi connectivity index (χ3n) is 2.33. The Morgan fingerprint density at radius 3 is 1.31 bits per heavy atom. The van der Waals surface area contributed by atoms with E-state index in [9.17, 15) is 0 Å². The molecule has 0 fully saturated rings. The van der Waals surface area contributed by atoms with E-state index in [2.05, 4.69) is 60.7 Å². The normalized spacial score (nSPS) is 11.8. The molecule has 0 aliphatic rings. The molecule has 0 saturated heterocycles. The van der Waals surface area contributed by atoms with Crippen molar-refractivity contribution in [1.29, 1.82) is 0 Å². The second kappa shape index (κ2) is 6.79. The molecule has 16 heavy (non-hydrogen) atoms. The van der Waals surface area contributed by atoms with Crippen LogP contribution >= 0.6 is 17.2 Å². The van der Waals surface area contributed by atoms with Crippen LogP contribution in [0.4, 0.5) is 0 Å². The van der Waals surface area contributed by atoms with Crippen LogP contribution in [-0.2, 0) is 0 Å². The Morgan fingerprint density at radius 1 is 0.562 bits per heavy atom. The molecule has 0 amide bonds. The molecular formula is C14H16P2. The van der Waals surface area contributed by atoms with Gasteiger partial charge in [-0.05, 0) is 22.9 Å². The highest BCUT2D eigenvalue weighted by atomic mass is 31.1. The molecule has 2 atom stereocenters. The first-order valence-corrected chi connectivity index (χ1v) is 7.94. The van der Waals surface area contributed by atoms with E-state index in [1.165, 1.54) is 22.9 Å². The molecule has 0 aliphatic carbocycles. The zero-order valence-corrected chi connectivity index (χ0v) is 11.2. The first-order valence-electron chi connectivity index (χ1n) is 5.53. The Balaban J connectivity index is 1.70. The zero-order chi connectivity index (χ0) is 11.1. The molecule has 2 rings (SSSR count). The fourth-order valence-electron chi connectivity index (χ4n) is 1.53. The molecule has 82 valence electrons. The lowest BCUT2D eigenvalue weighted by molar-refractivity contribution is 1.54. The maximum atomic E-state index is 2.23. The minimum absolute atomic E-state index is 0.963. The molecule has 0 bridgehead atoms. The summed E-state index contributed by atoms with van der Waals surface area (Å²) in [5.41, 5.74) is 0. The first kappa shape index (κ1) is 11.8. The van der Waals surface area contributed by atoms with E-state index < -0.39 is 0 Å². The molecule has 0 nitrogen and oxygen atoms in total. The van der Waals surface area contributed by atoms with Gasteiger partial charge in [-0.3, -0.25) is 0 Å². The van der Waals surface area contributed by atoms with Crippen molar-refractivity contribution in [1.82, 2.24) is 0 Å². The summed E-state index contributed by atoms with van der Waals surface area (Å²) < 4.78 is 0. The molecule has 2 aromatic carbocycles. The topological polar surface area (TPSA) is 0 Å². The molecule has 0 aliphatic heterocycles. The van der Waals surface area contributed by atoms with Crippen LogP contribution in [0.5, 0.6) is 0 Å². The van der Waals surface area contributed by atoms with E-state index in [1.54, 1.807) is 0 Å². The van der Waals surface area contributed by atoms with Crippen LogP contribution < -0.4 is 10.6 Å². The van der Waals surface area contributed by atoms with Gasteiger partial charge in [0.1, 0.15) is 0 Å². The van der Waals surface area contributed by atoms with Gasteiger partial charge in [0.15, 0.2) is 0 Å². The van der Waals surface area contributed by atoms with E-state index in [0.717, 1.165) is 17.2 Å². The maximum absolute atomic E-state index is 2.23. The highest BCUT2D eigenvalue weighted by Gasteiger charge is 1.93. The molecule has 0 radical (unpaired) electrons. The highest BCUT2D eigenvalue weighted by Crippen LogP contribution is 2.16. The van der Waals surface area contributed by atoms with Crippen LogP contribution in [0.3, 0.4) is 0 Å². The molecular weight excluding hydrogens is 230 g/mol. The Morgan fingerprint density at radius 2 is 0.938 bits per heavy atom. The average Bonchev–Trinajstić information content (AvgIpc) is 2.37. The van der Waals surface area contributed by atoms with Crippen LogP contribution in [0.1, 0.15) is 0 Å². The quantitative estimate of drug-likeness (QED) is 0.562. The number of benzene rings is 2. The van der Waals surface area contributed by atoms with E-state index in [0.29, 0.717) is 0 Å². The molecule has 0 N–H and O–H groups in total. The maximum Gasteiger partial charge on any atom is -0.0271 e. The van der Waals surface area contributed by atoms with Gasteiger partial charge in [0.2, 0.25) is 0 Å². The summed E-state index contributed by atoms with van der Waals surface area (Å²) in [7, 11) is 1.93. The Labute approximate surface area is 101 Å². The Hall–Kier alpha value is -0.700. The third kappa shape index (κ3) is 4.05. The summed E-state index contributed by atoms with van der Waals surface area (Å²) in [6.45, 7) is 0. The van der Waals surface area contributed by atoms with Gasteiger partial charge < -0.3 is 0 Å². The van der Waals surface area contributed by atoms with Crippen molar-refractivity contribution in [3.8, 4) is 0 Å². The summed E-state index contributed by atoms with van der Waals surface area (Å²) in [5, 5.41) is 2.97. The molecule has 0 saturated carbocycles. The predicted octanol–water partition coefficient (Wildman–Crippen LogP) is 2.99. The summed E-state index contributed by atoms with van der Waals surface area (Å²) in [6, 6.07) is 21.6. The molecule has 0 heterocycles. The van der Waals surface area contributed by atoms with E-state index in [4.69, 9.17) is 0 Å². The summed E-state index contributed by atoms with van der Waals surface area (Å²) in [4.78, 5) is 0. The van der Waals surface area contributed by atoms with Crippen molar-refractivity contribution in [2.75, 3.05) is 12.3 Å². The highest BCUT2D eigenvalue weighted by molar-refractivity contribution is 7.51. The average molecular weight is 246 g/mol. The van der Waals surface area contributed by atoms with Crippen molar-refractivity contribution in [2.45, 2.75) is 0 Å². The van der Waals surface area contributed by atoms with E-state index in [1.807, 2.05) is 0 Å². The molecule has 2 aromatic rings. The van der Waals surface area contributed by atoms with Crippen LogP contribution in [0, 0.1) is 0 Å².